The Morgan fingerprint density at radius 1 is 1.11 bits per heavy atom. The molecule has 1 saturated carbocycles. The van der Waals surface area contributed by atoms with Crippen LogP contribution >= 0.6 is 0 Å². The summed E-state index contributed by atoms with van der Waals surface area (Å²) >= 11 is 0. The second-order valence-electron chi connectivity index (χ2n) is 9.42. The molecule has 12 heteroatoms. The molecule has 0 saturated heterocycles. The minimum atomic E-state index is -4.95. The van der Waals surface area contributed by atoms with Gasteiger partial charge in [-0.05, 0) is 42.2 Å². The van der Waals surface area contributed by atoms with Crippen molar-refractivity contribution in [3.05, 3.63) is 53.8 Å². The second-order valence-corrected chi connectivity index (χ2v) is 9.42. The van der Waals surface area contributed by atoms with Crippen LogP contribution in [-0.4, -0.2) is 33.3 Å². The number of carbonyl (C=O) groups excluding carboxylic acids is 2. The molecule has 2 heterocycles. The van der Waals surface area contributed by atoms with Crippen LogP contribution in [0.1, 0.15) is 55.7 Å². The van der Waals surface area contributed by atoms with E-state index in [1.54, 1.807) is 18.2 Å². The standard InChI is InChI=1S/C24H24F3N5O4/c1-23(2,3)22-31-19(32-36-22)21(34)29-12-16-7-6-14(10-17(16)35-24(25,26)27)15-8-9-28-18(11-15)30-20(33)13-4-5-13/h6-11,13H,4-5,12H2,1-3H3,(H,29,34)(H,28,30,33). The van der Waals surface area contributed by atoms with Crippen LogP contribution in [-0.2, 0) is 16.8 Å². The van der Waals surface area contributed by atoms with Gasteiger partial charge in [-0.25, -0.2) is 4.98 Å². The van der Waals surface area contributed by atoms with Crippen LogP contribution < -0.4 is 15.4 Å². The number of pyridine rings is 1. The zero-order valence-electron chi connectivity index (χ0n) is 19.8. The van der Waals surface area contributed by atoms with Crippen molar-refractivity contribution in [2.45, 2.75) is 51.9 Å². The average Bonchev–Trinajstić information content (AvgIpc) is 3.52. The summed E-state index contributed by atoms with van der Waals surface area (Å²) in [4.78, 5) is 32.6. The number of benzene rings is 1. The number of rotatable bonds is 7. The van der Waals surface area contributed by atoms with E-state index in [0.29, 0.717) is 16.9 Å². The van der Waals surface area contributed by atoms with Crippen LogP contribution in [0.2, 0.25) is 0 Å². The molecule has 1 aliphatic rings. The lowest BCUT2D eigenvalue weighted by Crippen LogP contribution is -2.25. The first kappa shape index (κ1) is 25.1. The fourth-order valence-corrected chi connectivity index (χ4v) is 3.23. The molecule has 0 aliphatic heterocycles. The van der Waals surface area contributed by atoms with Gasteiger partial charge in [-0.3, -0.25) is 9.59 Å². The van der Waals surface area contributed by atoms with Gasteiger partial charge in [0.15, 0.2) is 0 Å². The highest BCUT2D eigenvalue weighted by Gasteiger charge is 2.33. The Morgan fingerprint density at radius 3 is 2.47 bits per heavy atom. The number of nitrogens with one attached hydrogen (secondary N) is 2. The fourth-order valence-electron chi connectivity index (χ4n) is 3.23. The van der Waals surface area contributed by atoms with Crippen LogP contribution in [0.3, 0.4) is 0 Å². The number of halogens is 3. The lowest BCUT2D eigenvalue weighted by atomic mass is 9.97. The van der Waals surface area contributed by atoms with E-state index in [0.717, 1.165) is 12.8 Å². The number of ether oxygens (including phenoxy) is 1. The molecule has 0 unspecified atom stereocenters. The Labute approximate surface area is 204 Å². The zero-order valence-corrected chi connectivity index (χ0v) is 19.8. The molecular weight excluding hydrogens is 479 g/mol. The molecule has 1 aromatic carbocycles. The van der Waals surface area contributed by atoms with E-state index in [9.17, 15) is 22.8 Å². The highest BCUT2D eigenvalue weighted by molar-refractivity contribution is 5.93. The third kappa shape index (κ3) is 6.37. The maximum atomic E-state index is 13.1. The Hall–Kier alpha value is -3.96. The Bertz CT molecular complexity index is 1280. The lowest BCUT2D eigenvalue weighted by molar-refractivity contribution is -0.274. The predicted molar refractivity (Wildman–Crippen MR) is 122 cm³/mol. The van der Waals surface area contributed by atoms with Crippen molar-refractivity contribution in [2.75, 3.05) is 5.32 Å². The van der Waals surface area contributed by atoms with Crippen LogP contribution in [0.25, 0.3) is 11.1 Å². The minimum absolute atomic E-state index is 0.0239. The first-order valence-electron chi connectivity index (χ1n) is 11.2. The Kier molecular flexibility index (Phi) is 6.70. The number of alkyl halides is 3. The summed E-state index contributed by atoms with van der Waals surface area (Å²) in [5.41, 5.74) is 0.546. The van der Waals surface area contributed by atoms with Crippen LogP contribution in [0.5, 0.6) is 5.75 Å². The number of anilines is 1. The largest absolute Gasteiger partial charge is 0.573 e. The van der Waals surface area contributed by atoms with Crippen molar-refractivity contribution in [3.63, 3.8) is 0 Å². The number of aromatic nitrogens is 3. The minimum Gasteiger partial charge on any atom is -0.405 e. The summed E-state index contributed by atoms with van der Waals surface area (Å²) in [7, 11) is 0. The summed E-state index contributed by atoms with van der Waals surface area (Å²) < 4.78 is 48.7. The smallest absolute Gasteiger partial charge is 0.405 e. The summed E-state index contributed by atoms with van der Waals surface area (Å²) in [6, 6.07) is 7.37. The van der Waals surface area contributed by atoms with Gasteiger partial charge in [0.25, 0.3) is 11.7 Å². The third-order valence-corrected chi connectivity index (χ3v) is 5.30. The van der Waals surface area contributed by atoms with Crippen LogP contribution in [0, 0.1) is 5.92 Å². The van der Waals surface area contributed by atoms with Gasteiger partial charge < -0.3 is 19.9 Å². The Balaban J connectivity index is 1.53. The van der Waals surface area contributed by atoms with E-state index >= 15 is 0 Å². The predicted octanol–water partition coefficient (Wildman–Crippen LogP) is 4.61. The van der Waals surface area contributed by atoms with E-state index < -0.39 is 23.4 Å². The normalized spacial score (nSPS) is 13.8. The highest BCUT2D eigenvalue weighted by Crippen LogP contribution is 2.33. The number of amides is 2. The van der Waals surface area contributed by atoms with Crippen molar-refractivity contribution in [1.82, 2.24) is 20.4 Å². The zero-order chi connectivity index (χ0) is 26.1. The number of hydrogen-bond acceptors (Lipinski definition) is 7. The van der Waals surface area contributed by atoms with Gasteiger partial charge in [-0.15, -0.1) is 13.2 Å². The van der Waals surface area contributed by atoms with Gasteiger partial charge in [0.05, 0.1) is 0 Å². The van der Waals surface area contributed by atoms with Crippen molar-refractivity contribution in [2.24, 2.45) is 5.92 Å². The maximum absolute atomic E-state index is 13.1. The van der Waals surface area contributed by atoms with E-state index in [2.05, 4.69) is 30.5 Å². The van der Waals surface area contributed by atoms with Gasteiger partial charge in [0.2, 0.25) is 11.8 Å². The molecule has 190 valence electrons. The molecule has 1 fully saturated rings. The second kappa shape index (κ2) is 9.59. The Morgan fingerprint density at radius 2 is 1.83 bits per heavy atom. The molecule has 0 spiro atoms. The number of hydrogen-bond donors (Lipinski definition) is 2. The first-order chi connectivity index (χ1) is 16.9. The molecule has 2 amide bonds. The van der Waals surface area contributed by atoms with E-state index in [4.69, 9.17) is 4.52 Å². The topological polar surface area (TPSA) is 119 Å². The lowest BCUT2D eigenvalue weighted by Gasteiger charge is -2.15. The third-order valence-electron chi connectivity index (χ3n) is 5.30. The SMILES string of the molecule is CC(C)(C)c1nc(C(=O)NCc2ccc(-c3ccnc(NC(=O)C4CC4)c3)cc2OC(F)(F)F)no1. The van der Waals surface area contributed by atoms with Crippen molar-refractivity contribution >= 4 is 17.6 Å². The molecule has 2 aromatic heterocycles. The summed E-state index contributed by atoms with van der Waals surface area (Å²) in [6.45, 7) is 5.22. The first-order valence-corrected chi connectivity index (χ1v) is 11.2. The molecule has 36 heavy (non-hydrogen) atoms. The van der Waals surface area contributed by atoms with E-state index in [-0.39, 0.29) is 35.6 Å². The average molecular weight is 503 g/mol. The molecular formula is C24H24F3N5O4. The molecule has 0 radical (unpaired) electrons. The van der Waals surface area contributed by atoms with Gasteiger partial charge in [-0.1, -0.05) is 38.1 Å². The van der Waals surface area contributed by atoms with Crippen molar-refractivity contribution < 1.29 is 32.0 Å². The van der Waals surface area contributed by atoms with E-state index in [1.807, 2.05) is 20.8 Å². The molecule has 3 aromatic rings. The van der Waals surface area contributed by atoms with Crippen molar-refractivity contribution in [1.29, 1.82) is 0 Å². The summed E-state index contributed by atoms with van der Waals surface area (Å²) in [6.07, 6.45) is -1.85. The highest BCUT2D eigenvalue weighted by atomic mass is 19.4. The van der Waals surface area contributed by atoms with Gasteiger partial charge in [0, 0.05) is 29.6 Å². The number of nitrogens with zero attached hydrogens (tertiary/aromatic N) is 3. The summed E-state index contributed by atoms with van der Waals surface area (Å²) in [5, 5.41) is 8.82. The van der Waals surface area contributed by atoms with Gasteiger partial charge in [0.1, 0.15) is 11.6 Å². The molecule has 4 rings (SSSR count). The van der Waals surface area contributed by atoms with Gasteiger partial charge in [-0.2, -0.15) is 4.98 Å². The molecule has 2 N–H and O–H groups in total. The monoisotopic (exact) mass is 503 g/mol. The van der Waals surface area contributed by atoms with Crippen LogP contribution in [0.15, 0.2) is 41.1 Å². The quantitative estimate of drug-likeness (QED) is 0.483. The van der Waals surface area contributed by atoms with Gasteiger partial charge >= 0.3 is 6.36 Å². The van der Waals surface area contributed by atoms with Crippen molar-refractivity contribution in [3.8, 4) is 16.9 Å². The molecule has 1 aliphatic carbocycles. The molecule has 9 nitrogen and oxygen atoms in total. The molecule has 0 atom stereocenters. The number of carbonyl (C=O) groups is 2. The van der Waals surface area contributed by atoms with E-state index in [1.165, 1.54) is 18.3 Å². The molecule has 0 bridgehead atoms. The maximum Gasteiger partial charge on any atom is 0.573 e. The summed E-state index contributed by atoms with van der Waals surface area (Å²) in [5.74, 6) is -1.03. The van der Waals surface area contributed by atoms with Crippen LogP contribution in [0.4, 0.5) is 19.0 Å². The fraction of sp³-hybridized carbons (Fsp3) is 0.375.